The Kier molecular flexibility index (Phi) is 11.0. The van der Waals surface area contributed by atoms with Crippen LogP contribution in [0.2, 0.25) is 0 Å². The summed E-state index contributed by atoms with van der Waals surface area (Å²) in [6.45, 7) is 2.90. The molecule has 1 aromatic heterocycles. The smallest absolute Gasteiger partial charge is 0.244 e. The van der Waals surface area contributed by atoms with E-state index in [1.54, 1.807) is 24.3 Å². The number of para-hydroxylation sites is 2. The molecule has 1 fully saturated rings. The van der Waals surface area contributed by atoms with Gasteiger partial charge >= 0.3 is 0 Å². The van der Waals surface area contributed by atoms with Crippen molar-refractivity contribution in [1.82, 2.24) is 14.9 Å². The van der Waals surface area contributed by atoms with Crippen molar-refractivity contribution >= 4 is 22.8 Å². The zero-order chi connectivity index (χ0) is 29.0. The lowest BCUT2D eigenvalue weighted by atomic mass is 9.84. The van der Waals surface area contributed by atoms with Gasteiger partial charge in [0.05, 0.1) is 24.2 Å². The predicted molar refractivity (Wildman–Crippen MR) is 160 cm³/mol. The van der Waals surface area contributed by atoms with Gasteiger partial charge in [-0.05, 0) is 47.6 Å². The molecule has 2 amide bonds. The highest BCUT2D eigenvalue weighted by Crippen LogP contribution is 2.32. The van der Waals surface area contributed by atoms with E-state index in [0.717, 1.165) is 29.3 Å². The number of carbonyl (C=O) groups excluding carboxylic acids is 2. The van der Waals surface area contributed by atoms with Gasteiger partial charge < -0.3 is 25.5 Å². The van der Waals surface area contributed by atoms with Crippen molar-refractivity contribution in [2.75, 3.05) is 13.2 Å². The van der Waals surface area contributed by atoms with E-state index >= 15 is 0 Å². The Bertz CT molecular complexity index is 1400. The van der Waals surface area contributed by atoms with Crippen LogP contribution in [0.15, 0.2) is 78.9 Å². The Labute approximate surface area is 241 Å². The molecular weight excluding hydrogens is 516 g/mol. The van der Waals surface area contributed by atoms with Gasteiger partial charge in [0.15, 0.2) is 0 Å². The fourth-order valence-corrected chi connectivity index (χ4v) is 5.32. The van der Waals surface area contributed by atoms with Crippen LogP contribution in [0.25, 0.3) is 11.0 Å². The number of fused-ring (bicyclic) bond motifs is 1. The minimum absolute atomic E-state index is 0.0306. The molecule has 1 heterocycles. The van der Waals surface area contributed by atoms with Crippen molar-refractivity contribution in [3.63, 3.8) is 0 Å². The zero-order valence-electron chi connectivity index (χ0n) is 23.7. The molecule has 5 rings (SSSR count). The van der Waals surface area contributed by atoms with Crippen LogP contribution in [-0.4, -0.2) is 39.7 Å². The van der Waals surface area contributed by atoms with Gasteiger partial charge in [-0.1, -0.05) is 86.0 Å². The first kappa shape index (κ1) is 30.0. The number of primary amides is 1. The second-order valence-electron chi connectivity index (χ2n) is 10.4. The van der Waals surface area contributed by atoms with Gasteiger partial charge in [-0.3, -0.25) is 9.59 Å². The first-order valence-electron chi connectivity index (χ1n) is 14.3. The topological polar surface area (TPSA) is 119 Å². The molecule has 0 saturated heterocycles. The zero-order valence-corrected chi connectivity index (χ0v) is 23.7. The molecule has 1 unspecified atom stereocenters. The summed E-state index contributed by atoms with van der Waals surface area (Å²) in [6, 6.07) is 25.5. The summed E-state index contributed by atoms with van der Waals surface area (Å²) in [5.74, 6) is 0.800. The molecule has 3 aromatic carbocycles. The maximum absolute atomic E-state index is 11.0. The van der Waals surface area contributed by atoms with E-state index in [0.29, 0.717) is 18.8 Å². The van der Waals surface area contributed by atoms with Gasteiger partial charge in [0, 0.05) is 13.5 Å². The van der Waals surface area contributed by atoms with Crippen LogP contribution >= 0.6 is 0 Å². The molecule has 8 nitrogen and oxygen atoms in total. The lowest BCUT2D eigenvalue weighted by Gasteiger charge is -2.22. The third-order valence-electron chi connectivity index (χ3n) is 7.36. The van der Waals surface area contributed by atoms with E-state index in [-0.39, 0.29) is 12.5 Å². The number of hydrogen-bond acceptors (Lipinski definition) is 5. The van der Waals surface area contributed by atoms with Crippen molar-refractivity contribution in [2.45, 2.75) is 64.1 Å². The molecule has 8 heteroatoms. The van der Waals surface area contributed by atoms with Gasteiger partial charge in [0.2, 0.25) is 11.8 Å². The lowest BCUT2D eigenvalue weighted by molar-refractivity contribution is -0.126. The van der Waals surface area contributed by atoms with Crippen LogP contribution in [0.1, 0.15) is 73.5 Å². The Hall–Kier alpha value is -4.01. The van der Waals surface area contributed by atoms with Crippen LogP contribution in [-0.2, 0) is 27.5 Å². The number of carbonyl (C=O) groups is 2. The Morgan fingerprint density at radius 1 is 1.00 bits per heavy atom. The fraction of sp³-hybridized carbons (Fsp3) is 0.364. The van der Waals surface area contributed by atoms with Gasteiger partial charge in [-0.15, -0.1) is 0 Å². The summed E-state index contributed by atoms with van der Waals surface area (Å²) in [5, 5.41) is 11.5. The van der Waals surface area contributed by atoms with Crippen molar-refractivity contribution in [2.24, 2.45) is 5.73 Å². The first-order chi connectivity index (χ1) is 20.0. The molecule has 4 aromatic rings. The van der Waals surface area contributed by atoms with E-state index in [1.807, 2.05) is 24.3 Å². The van der Waals surface area contributed by atoms with Crippen LogP contribution in [0.4, 0.5) is 0 Å². The normalized spacial score (nSPS) is 14.2. The maximum atomic E-state index is 11.0. The number of aliphatic hydroxyl groups is 1. The highest BCUT2D eigenvalue weighted by Gasteiger charge is 2.18. The summed E-state index contributed by atoms with van der Waals surface area (Å²) in [4.78, 5) is 26.6. The molecule has 1 aliphatic carbocycles. The van der Waals surface area contributed by atoms with Crippen LogP contribution < -0.4 is 11.1 Å². The number of amides is 2. The quantitative estimate of drug-likeness (QED) is 0.238. The number of nitrogens with two attached hydrogens (primary N) is 1. The number of rotatable bonds is 10. The van der Waals surface area contributed by atoms with E-state index in [2.05, 4.69) is 40.2 Å². The molecular formula is C33H40N4O4. The summed E-state index contributed by atoms with van der Waals surface area (Å²) in [5.41, 5.74) is 10.7. The number of ether oxygens (including phenoxy) is 1. The minimum atomic E-state index is -0.742. The van der Waals surface area contributed by atoms with E-state index in [1.165, 1.54) is 50.2 Å². The van der Waals surface area contributed by atoms with Gasteiger partial charge in [0.25, 0.3) is 0 Å². The number of benzene rings is 3. The number of hydrogen-bond donors (Lipinski definition) is 3. The van der Waals surface area contributed by atoms with Crippen molar-refractivity contribution in [3.8, 4) is 0 Å². The second kappa shape index (κ2) is 15.1. The van der Waals surface area contributed by atoms with Gasteiger partial charge in [-0.2, -0.15) is 0 Å². The Balaban J connectivity index is 0.000000234. The second-order valence-corrected chi connectivity index (χ2v) is 10.4. The lowest BCUT2D eigenvalue weighted by Crippen LogP contribution is -2.36. The van der Waals surface area contributed by atoms with Gasteiger partial charge in [0.1, 0.15) is 18.5 Å². The SMILES string of the molecule is CC(=O)NC(C(N)=O)c1ccccc1.OCCOCc1nc2ccccc2n1Cc1ccc(C2CCCCC2)cc1. The Morgan fingerprint density at radius 2 is 1.68 bits per heavy atom. The summed E-state index contributed by atoms with van der Waals surface area (Å²) < 4.78 is 7.77. The largest absolute Gasteiger partial charge is 0.394 e. The molecule has 0 spiro atoms. The van der Waals surface area contributed by atoms with Crippen molar-refractivity contribution in [1.29, 1.82) is 0 Å². The summed E-state index contributed by atoms with van der Waals surface area (Å²) >= 11 is 0. The van der Waals surface area contributed by atoms with E-state index in [4.69, 9.17) is 20.6 Å². The molecule has 1 saturated carbocycles. The molecule has 4 N–H and O–H groups in total. The monoisotopic (exact) mass is 556 g/mol. The molecule has 1 aliphatic rings. The number of aliphatic hydroxyl groups excluding tert-OH is 1. The van der Waals surface area contributed by atoms with E-state index < -0.39 is 11.9 Å². The molecule has 41 heavy (non-hydrogen) atoms. The molecule has 0 aliphatic heterocycles. The fourth-order valence-electron chi connectivity index (χ4n) is 5.32. The number of nitrogens with one attached hydrogen (secondary N) is 1. The minimum Gasteiger partial charge on any atom is -0.394 e. The van der Waals surface area contributed by atoms with Crippen LogP contribution in [0.3, 0.4) is 0 Å². The predicted octanol–water partition coefficient (Wildman–Crippen LogP) is 4.99. The standard InChI is InChI=1S/C23H28N2O2.C10H12N2O2/c26-14-15-27-17-23-24-21-8-4-5-9-22(21)25(23)16-18-10-12-20(13-11-18)19-6-2-1-3-7-19;1-7(13)12-9(10(11)14)8-5-3-2-4-6-8/h4-5,8-13,19,26H,1-3,6-7,14-17H2;2-6,9H,1H3,(H2,11,14)(H,12,13). The number of imidazole rings is 1. The molecule has 216 valence electrons. The average Bonchev–Trinajstić information content (AvgIpc) is 3.34. The maximum Gasteiger partial charge on any atom is 0.244 e. The average molecular weight is 557 g/mol. The highest BCUT2D eigenvalue weighted by molar-refractivity contribution is 5.86. The summed E-state index contributed by atoms with van der Waals surface area (Å²) in [6.07, 6.45) is 6.79. The molecule has 0 radical (unpaired) electrons. The third-order valence-corrected chi connectivity index (χ3v) is 7.36. The van der Waals surface area contributed by atoms with Crippen molar-refractivity contribution in [3.05, 3.63) is 101 Å². The van der Waals surface area contributed by atoms with Gasteiger partial charge in [-0.25, -0.2) is 4.98 Å². The number of nitrogens with zero attached hydrogens (tertiary/aromatic N) is 2. The van der Waals surface area contributed by atoms with Crippen LogP contribution in [0, 0.1) is 0 Å². The molecule has 1 atom stereocenters. The molecule has 0 bridgehead atoms. The highest BCUT2D eigenvalue weighted by atomic mass is 16.5. The van der Waals surface area contributed by atoms with Crippen LogP contribution in [0.5, 0.6) is 0 Å². The van der Waals surface area contributed by atoms with Crippen molar-refractivity contribution < 1.29 is 19.4 Å². The summed E-state index contributed by atoms with van der Waals surface area (Å²) in [7, 11) is 0. The van der Waals surface area contributed by atoms with E-state index in [9.17, 15) is 9.59 Å². The first-order valence-corrected chi connectivity index (χ1v) is 14.3. The number of aromatic nitrogens is 2. The third kappa shape index (κ3) is 8.49. The Morgan fingerprint density at radius 3 is 2.34 bits per heavy atom.